The molecule has 13 heteroatoms. The SMILES string of the molecule is CCS(=O)(=O)c1ccc(C(=O)Nc2nonc2C#N)c(Cl)c1C1=NOC(CC#N)C1. The lowest BCUT2D eigenvalue weighted by Crippen LogP contribution is -2.18. The van der Waals surface area contributed by atoms with Gasteiger partial charge in [0.25, 0.3) is 5.91 Å². The van der Waals surface area contributed by atoms with E-state index in [2.05, 4.69) is 25.4 Å². The Hall–Kier alpha value is -3.48. The summed E-state index contributed by atoms with van der Waals surface area (Å²) in [6.45, 7) is 1.47. The Bertz CT molecular complexity index is 1220. The zero-order valence-corrected chi connectivity index (χ0v) is 17.0. The van der Waals surface area contributed by atoms with Gasteiger partial charge in [0.1, 0.15) is 12.2 Å². The van der Waals surface area contributed by atoms with Crippen molar-refractivity contribution in [2.45, 2.75) is 30.8 Å². The maximum atomic E-state index is 12.7. The number of rotatable bonds is 6. The molecule has 0 aliphatic carbocycles. The van der Waals surface area contributed by atoms with Crippen molar-refractivity contribution in [2.24, 2.45) is 5.16 Å². The first-order valence-corrected chi connectivity index (χ1v) is 10.5. The highest BCUT2D eigenvalue weighted by Crippen LogP contribution is 2.33. The molecule has 154 valence electrons. The lowest BCUT2D eigenvalue weighted by Gasteiger charge is -2.14. The van der Waals surface area contributed by atoms with Crippen molar-refractivity contribution in [1.82, 2.24) is 10.3 Å². The average Bonchev–Trinajstić information content (AvgIpc) is 3.37. The number of sulfone groups is 1. The molecular weight excluding hydrogens is 436 g/mol. The van der Waals surface area contributed by atoms with E-state index < -0.39 is 21.8 Å². The summed E-state index contributed by atoms with van der Waals surface area (Å²) >= 11 is 6.44. The molecule has 2 aromatic rings. The molecule has 3 rings (SSSR count). The van der Waals surface area contributed by atoms with Crippen LogP contribution < -0.4 is 5.32 Å². The number of nitrogens with zero attached hydrogens (tertiary/aromatic N) is 5. The van der Waals surface area contributed by atoms with Crippen LogP contribution in [0.3, 0.4) is 0 Å². The quantitative estimate of drug-likeness (QED) is 0.693. The average molecular weight is 449 g/mol. The van der Waals surface area contributed by atoms with Gasteiger partial charge >= 0.3 is 0 Å². The van der Waals surface area contributed by atoms with Crippen LogP contribution in [0.1, 0.15) is 41.4 Å². The van der Waals surface area contributed by atoms with Crippen molar-refractivity contribution >= 4 is 38.9 Å². The maximum absolute atomic E-state index is 12.7. The second-order valence-electron chi connectivity index (χ2n) is 6.06. The topological polar surface area (TPSA) is 171 Å². The number of aromatic nitrogens is 2. The third-order valence-electron chi connectivity index (χ3n) is 4.23. The van der Waals surface area contributed by atoms with Crippen LogP contribution in [0.2, 0.25) is 5.02 Å². The van der Waals surface area contributed by atoms with Crippen LogP contribution in [-0.2, 0) is 14.7 Å². The minimum absolute atomic E-state index is 0.0328. The van der Waals surface area contributed by atoms with Gasteiger partial charge < -0.3 is 10.2 Å². The Morgan fingerprint density at radius 1 is 1.37 bits per heavy atom. The lowest BCUT2D eigenvalue weighted by atomic mass is 10.0. The number of hydrogen-bond acceptors (Lipinski definition) is 10. The number of nitriles is 2. The lowest BCUT2D eigenvalue weighted by molar-refractivity contribution is 0.0891. The van der Waals surface area contributed by atoms with Crippen molar-refractivity contribution in [3.05, 3.63) is 34.0 Å². The minimum atomic E-state index is -3.72. The predicted molar refractivity (Wildman–Crippen MR) is 102 cm³/mol. The van der Waals surface area contributed by atoms with Crippen molar-refractivity contribution in [3.8, 4) is 12.1 Å². The molecule has 2 heterocycles. The number of amides is 1. The van der Waals surface area contributed by atoms with Crippen LogP contribution in [0.25, 0.3) is 0 Å². The molecule has 0 bridgehead atoms. The Morgan fingerprint density at radius 2 is 2.13 bits per heavy atom. The van der Waals surface area contributed by atoms with Gasteiger partial charge in [-0.25, -0.2) is 13.0 Å². The first-order chi connectivity index (χ1) is 14.3. The predicted octanol–water partition coefficient (Wildman–Crippen LogP) is 2.05. The smallest absolute Gasteiger partial charge is 0.258 e. The number of oxime groups is 1. The van der Waals surface area contributed by atoms with Gasteiger partial charge in [0, 0.05) is 12.0 Å². The van der Waals surface area contributed by atoms with E-state index in [1.807, 2.05) is 6.07 Å². The number of anilines is 1. The summed E-state index contributed by atoms with van der Waals surface area (Å²) in [4.78, 5) is 17.8. The molecule has 0 saturated heterocycles. The first-order valence-electron chi connectivity index (χ1n) is 8.51. The van der Waals surface area contributed by atoms with Crippen LogP contribution in [0.15, 0.2) is 26.8 Å². The fourth-order valence-corrected chi connectivity index (χ4v) is 4.26. The fourth-order valence-electron chi connectivity index (χ4n) is 2.72. The summed E-state index contributed by atoms with van der Waals surface area (Å²) in [5, 5.41) is 30.6. The van der Waals surface area contributed by atoms with E-state index in [1.165, 1.54) is 19.1 Å². The van der Waals surface area contributed by atoms with Gasteiger partial charge in [-0.1, -0.05) is 23.7 Å². The molecule has 1 aromatic carbocycles. The van der Waals surface area contributed by atoms with Gasteiger partial charge in [0.15, 0.2) is 9.84 Å². The second kappa shape index (κ2) is 8.49. The Labute approximate surface area is 175 Å². The normalized spacial score (nSPS) is 15.6. The summed E-state index contributed by atoms with van der Waals surface area (Å²) in [5.74, 6) is -1.17. The van der Waals surface area contributed by atoms with Crippen LogP contribution in [0.5, 0.6) is 0 Å². The Morgan fingerprint density at radius 3 is 2.80 bits per heavy atom. The molecule has 0 spiro atoms. The van der Waals surface area contributed by atoms with Gasteiger partial charge in [-0.15, -0.1) is 0 Å². The number of benzene rings is 1. The van der Waals surface area contributed by atoms with Crippen molar-refractivity contribution in [2.75, 3.05) is 11.1 Å². The molecule has 1 aromatic heterocycles. The van der Waals surface area contributed by atoms with E-state index in [1.54, 1.807) is 6.07 Å². The summed E-state index contributed by atoms with van der Waals surface area (Å²) in [6, 6.07) is 6.15. The molecule has 1 aliphatic rings. The largest absolute Gasteiger partial charge is 0.391 e. The molecule has 0 fully saturated rings. The molecule has 11 nitrogen and oxygen atoms in total. The highest BCUT2D eigenvalue weighted by Gasteiger charge is 2.31. The number of carbonyl (C=O) groups is 1. The van der Waals surface area contributed by atoms with Gasteiger partial charge in [-0.05, 0) is 22.4 Å². The Kier molecular flexibility index (Phi) is 6.01. The number of halogens is 1. The fraction of sp³-hybridized carbons (Fsp3) is 0.294. The molecule has 0 saturated carbocycles. The van der Waals surface area contributed by atoms with E-state index in [-0.39, 0.29) is 56.9 Å². The van der Waals surface area contributed by atoms with Crippen molar-refractivity contribution < 1.29 is 22.7 Å². The Balaban J connectivity index is 2.06. The molecule has 1 atom stereocenters. The van der Waals surface area contributed by atoms with Crippen LogP contribution in [0, 0.1) is 22.7 Å². The third kappa shape index (κ3) is 3.96. The molecule has 1 amide bonds. The van der Waals surface area contributed by atoms with Crippen LogP contribution >= 0.6 is 11.6 Å². The van der Waals surface area contributed by atoms with Gasteiger partial charge in [-0.3, -0.25) is 4.79 Å². The van der Waals surface area contributed by atoms with E-state index in [0.717, 1.165) is 0 Å². The summed E-state index contributed by atoms with van der Waals surface area (Å²) in [6.07, 6.45) is -0.345. The standard InChI is InChI=1S/C17H13ClN6O5S/c1-2-30(26,27)13-4-3-10(17(25)21-16-12(8-20)23-29-24-16)15(18)14(13)11-7-9(5-6-19)28-22-11/h3-4,9H,2,5,7H2,1H3,(H,21,24,25). The second-order valence-corrected chi connectivity index (χ2v) is 8.69. The zero-order chi connectivity index (χ0) is 21.9. The maximum Gasteiger partial charge on any atom is 0.258 e. The zero-order valence-electron chi connectivity index (χ0n) is 15.4. The van der Waals surface area contributed by atoms with Crippen LogP contribution in [-0.4, -0.2) is 42.2 Å². The van der Waals surface area contributed by atoms with Crippen molar-refractivity contribution in [3.63, 3.8) is 0 Å². The number of hydrogen-bond donors (Lipinski definition) is 1. The van der Waals surface area contributed by atoms with E-state index in [0.29, 0.717) is 0 Å². The van der Waals surface area contributed by atoms with Gasteiger partial charge in [-0.2, -0.15) is 10.5 Å². The molecule has 1 N–H and O–H groups in total. The highest BCUT2D eigenvalue weighted by atomic mass is 35.5. The molecular formula is C17H13ClN6O5S. The van der Waals surface area contributed by atoms with E-state index in [4.69, 9.17) is 27.0 Å². The molecule has 0 radical (unpaired) electrons. The molecule has 1 aliphatic heterocycles. The molecule has 30 heavy (non-hydrogen) atoms. The highest BCUT2D eigenvalue weighted by molar-refractivity contribution is 7.91. The summed E-state index contributed by atoms with van der Waals surface area (Å²) in [7, 11) is -3.72. The summed E-state index contributed by atoms with van der Waals surface area (Å²) < 4.78 is 29.6. The van der Waals surface area contributed by atoms with Gasteiger partial charge in [0.2, 0.25) is 11.5 Å². The third-order valence-corrected chi connectivity index (χ3v) is 6.39. The van der Waals surface area contributed by atoms with Crippen LogP contribution in [0.4, 0.5) is 5.82 Å². The number of carbonyl (C=O) groups excluding carboxylic acids is 1. The first kappa shape index (κ1) is 21.2. The van der Waals surface area contributed by atoms with E-state index in [9.17, 15) is 13.2 Å². The molecule has 1 unspecified atom stereocenters. The van der Waals surface area contributed by atoms with Gasteiger partial charge in [0.05, 0.1) is 39.4 Å². The monoisotopic (exact) mass is 448 g/mol. The van der Waals surface area contributed by atoms with Crippen molar-refractivity contribution in [1.29, 1.82) is 10.5 Å². The number of nitrogens with one attached hydrogen (secondary N) is 1. The summed E-state index contributed by atoms with van der Waals surface area (Å²) in [5.41, 5.74) is -0.0778. The van der Waals surface area contributed by atoms with E-state index >= 15 is 0 Å². The minimum Gasteiger partial charge on any atom is -0.391 e.